The van der Waals surface area contributed by atoms with Gasteiger partial charge in [-0.05, 0) is 19.4 Å². The molecule has 1 fully saturated rings. The molecule has 0 aromatic carbocycles. The lowest BCUT2D eigenvalue weighted by molar-refractivity contribution is -0.118. The van der Waals surface area contributed by atoms with Gasteiger partial charge in [-0.1, -0.05) is 0 Å². The first-order chi connectivity index (χ1) is 8.12. The Hall–Kier alpha value is -1.12. The third kappa shape index (κ3) is 4.33. The van der Waals surface area contributed by atoms with Crippen LogP contribution >= 0.6 is 0 Å². The number of carbonyl (C=O) groups excluding carboxylic acids is 1. The number of nitriles is 1. The fourth-order valence-electron chi connectivity index (χ4n) is 2.13. The Morgan fingerprint density at radius 1 is 1.47 bits per heavy atom. The minimum atomic E-state index is -0.580. The summed E-state index contributed by atoms with van der Waals surface area (Å²) < 4.78 is 5.28. The molecule has 1 aliphatic heterocycles. The summed E-state index contributed by atoms with van der Waals surface area (Å²) in [5.41, 5.74) is 4.50. The van der Waals surface area contributed by atoms with E-state index in [1.807, 2.05) is 0 Å². The van der Waals surface area contributed by atoms with Crippen molar-refractivity contribution in [1.29, 1.82) is 5.26 Å². The average Bonchev–Trinajstić information content (AvgIpc) is 2.35. The van der Waals surface area contributed by atoms with E-state index < -0.39 is 5.60 Å². The number of methoxy groups -OCH3 is 1. The van der Waals surface area contributed by atoms with Crippen LogP contribution in [0.2, 0.25) is 0 Å². The van der Waals surface area contributed by atoms with Crippen LogP contribution in [0.1, 0.15) is 32.1 Å². The molecule has 1 aliphatic rings. The highest BCUT2D eigenvalue weighted by atomic mass is 16.5. The molecule has 0 aromatic rings. The number of piperidine rings is 1. The van der Waals surface area contributed by atoms with E-state index in [1.165, 1.54) is 0 Å². The smallest absolute Gasteiger partial charge is 0.217 e. The number of nitrogens with zero attached hydrogens (tertiary/aromatic N) is 2. The summed E-state index contributed by atoms with van der Waals surface area (Å²) in [4.78, 5) is 12.9. The molecule has 0 unspecified atom stereocenters. The first kappa shape index (κ1) is 13.9. The normalized spacial score (nSPS) is 19.8. The van der Waals surface area contributed by atoms with Crippen molar-refractivity contribution in [2.24, 2.45) is 5.73 Å². The predicted octanol–water partition coefficient (Wildman–Crippen LogP) is 0.647. The molecule has 0 aromatic heterocycles. The van der Waals surface area contributed by atoms with Gasteiger partial charge in [-0.25, -0.2) is 0 Å². The maximum absolute atomic E-state index is 10.6. The van der Waals surface area contributed by atoms with E-state index in [9.17, 15) is 4.79 Å². The molecule has 1 saturated heterocycles. The number of nitrogens with two attached hydrogens (primary N) is 1. The number of carbonyl (C=O) groups is 1. The second kappa shape index (κ2) is 6.58. The van der Waals surface area contributed by atoms with Gasteiger partial charge < -0.3 is 15.4 Å². The van der Waals surface area contributed by atoms with E-state index in [-0.39, 0.29) is 5.91 Å². The molecule has 0 bridgehead atoms. The van der Waals surface area contributed by atoms with Gasteiger partial charge in [-0.2, -0.15) is 5.26 Å². The largest absolute Gasteiger partial charge is 0.370 e. The van der Waals surface area contributed by atoms with Gasteiger partial charge in [-0.15, -0.1) is 0 Å². The van der Waals surface area contributed by atoms with Crippen LogP contribution in [0.4, 0.5) is 0 Å². The van der Waals surface area contributed by atoms with Gasteiger partial charge in [0.25, 0.3) is 0 Å². The lowest BCUT2D eigenvalue weighted by Gasteiger charge is -2.36. The molecule has 1 amide bonds. The van der Waals surface area contributed by atoms with Gasteiger partial charge in [0.1, 0.15) is 0 Å². The summed E-state index contributed by atoms with van der Waals surface area (Å²) >= 11 is 0. The second-order valence-electron chi connectivity index (χ2n) is 4.58. The van der Waals surface area contributed by atoms with Crippen molar-refractivity contribution in [3.05, 3.63) is 0 Å². The third-order valence-electron chi connectivity index (χ3n) is 3.41. The Balaban J connectivity index is 2.19. The molecule has 5 heteroatoms. The lowest BCUT2D eigenvalue weighted by atomic mass is 9.92. The maximum atomic E-state index is 10.6. The third-order valence-corrected chi connectivity index (χ3v) is 3.41. The highest BCUT2D eigenvalue weighted by Crippen LogP contribution is 2.24. The number of rotatable bonds is 6. The van der Waals surface area contributed by atoms with E-state index in [1.54, 1.807) is 7.11 Å². The first-order valence-electron chi connectivity index (χ1n) is 6.09. The fraction of sp³-hybridized carbons (Fsp3) is 0.833. The summed E-state index contributed by atoms with van der Waals surface area (Å²) in [5.74, 6) is -0.230. The summed E-state index contributed by atoms with van der Waals surface area (Å²) in [6.07, 6.45) is 3.81. The minimum absolute atomic E-state index is 0.230. The van der Waals surface area contributed by atoms with Crippen molar-refractivity contribution in [2.75, 3.05) is 26.7 Å². The van der Waals surface area contributed by atoms with Crippen LogP contribution in [0.25, 0.3) is 0 Å². The van der Waals surface area contributed by atoms with Crippen molar-refractivity contribution >= 4 is 5.91 Å². The minimum Gasteiger partial charge on any atom is -0.370 e. The van der Waals surface area contributed by atoms with Crippen LogP contribution in [0.5, 0.6) is 0 Å². The Morgan fingerprint density at radius 2 is 2.12 bits per heavy atom. The zero-order valence-corrected chi connectivity index (χ0v) is 10.4. The van der Waals surface area contributed by atoms with Crippen molar-refractivity contribution in [1.82, 2.24) is 4.90 Å². The molecule has 0 spiro atoms. The molecule has 2 N–H and O–H groups in total. The second-order valence-corrected chi connectivity index (χ2v) is 4.58. The van der Waals surface area contributed by atoms with Gasteiger partial charge in [-0.3, -0.25) is 4.79 Å². The molecule has 1 heterocycles. The number of hydrogen-bond donors (Lipinski definition) is 1. The van der Waals surface area contributed by atoms with E-state index in [0.29, 0.717) is 6.42 Å². The van der Waals surface area contributed by atoms with Crippen LogP contribution in [0.15, 0.2) is 0 Å². The monoisotopic (exact) mass is 239 g/mol. The molecule has 0 radical (unpaired) electrons. The van der Waals surface area contributed by atoms with E-state index in [4.69, 9.17) is 15.7 Å². The van der Waals surface area contributed by atoms with Crippen LogP contribution < -0.4 is 5.73 Å². The van der Waals surface area contributed by atoms with E-state index >= 15 is 0 Å². The zero-order valence-electron chi connectivity index (χ0n) is 10.4. The molecule has 0 atom stereocenters. The van der Waals surface area contributed by atoms with Gasteiger partial charge in [0.2, 0.25) is 5.91 Å². The van der Waals surface area contributed by atoms with Crippen molar-refractivity contribution in [3.8, 4) is 6.07 Å². The fourth-order valence-corrected chi connectivity index (χ4v) is 2.13. The Labute approximate surface area is 103 Å². The van der Waals surface area contributed by atoms with Gasteiger partial charge in [0.05, 0.1) is 6.07 Å². The number of likely N-dealkylation sites (tertiary alicyclic amines) is 1. The average molecular weight is 239 g/mol. The number of unbranched alkanes of at least 4 members (excludes halogenated alkanes) is 1. The van der Waals surface area contributed by atoms with Crippen molar-refractivity contribution in [3.63, 3.8) is 0 Å². The quantitative estimate of drug-likeness (QED) is 0.690. The van der Waals surface area contributed by atoms with E-state index in [2.05, 4.69) is 11.0 Å². The lowest BCUT2D eigenvalue weighted by Crippen LogP contribution is -2.44. The molecule has 1 rings (SSSR count). The maximum Gasteiger partial charge on any atom is 0.217 e. The number of ether oxygens (including phenoxy) is 1. The summed E-state index contributed by atoms with van der Waals surface area (Å²) in [6, 6.07) is 2.26. The molecule has 0 aliphatic carbocycles. The molecular weight excluding hydrogens is 218 g/mol. The van der Waals surface area contributed by atoms with E-state index in [0.717, 1.165) is 45.3 Å². The van der Waals surface area contributed by atoms with Crippen molar-refractivity contribution in [2.45, 2.75) is 37.7 Å². The number of primary amides is 1. The predicted molar refractivity (Wildman–Crippen MR) is 64.1 cm³/mol. The number of amides is 1. The number of hydrogen-bond acceptors (Lipinski definition) is 4. The Kier molecular flexibility index (Phi) is 5.39. The van der Waals surface area contributed by atoms with Gasteiger partial charge in [0.15, 0.2) is 5.60 Å². The molecule has 5 nitrogen and oxygen atoms in total. The zero-order chi connectivity index (χ0) is 12.7. The van der Waals surface area contributed by atoms with Crippen LogP contribution in [0, 0.1) is 11.3 Å². The standard InChI is InChI=1S/C12H21N3O2/c1-17-12(10-13)5-8-15(9-6-12)7-3-2-4-11(14)16/h2-9H2,1H3,(H2,14,16). The van der Waals surface area contributed by atoms with Crippen molar-refractivity contribution < 1.29 is 9.53 Å². The molecule has 0 saturated carbocycles. The summed E-state index contributed by atoms with van der Waals surface area (Å²) in [6.45, 7) is 2.74. The Morgan fingerprint density at radius 3 is 2.59 bits per heavy atom. The molecule has 17 heavy (non-hydrogen) atoms. The summed E-state index contributed by atoms with van der Waals surface area (Å²) in [7, 11) is 1.60. The Bertz CT molecular complexity index is 291. The van der Waals surface area contributed by atoms with Crippen LogP contribution in [-0.4, -0.2) is 43.2 Å². The summed E-state index contributed by atoms with van der Waals surface area (Å²) in [5, 5.41) is 9.06. The topological polar surface area (TPSA) is 79.3 Å². The molecule has 96 valence electrons. The van der Waals surface area contributed by atoms with Crippen LogP contribution in [-0.2, 0) is 9.53 Å². The highest BCUT2D eigenvalue weighted by Gasteiger charge is 2.34. The van der Waals surface area contributed by atoms with Gasteiger partial charge >= 0.3 is 0 Å². The molecular formula is C12H21N3O2. The first-order valence-corrected chi connectivity index (χ1v) is 6.09. The van der Waals surface area contributed by atoms with Gasteiger partial charge in [0, 0.05) is 39.5 Å². The highest BCUT2D eigenvalue weighted by molar-refractivity contribution is 5.73. The van der Waals surface area contributed by atoms with Crippen LogP contribution in [0.3, 0.4) is 0 Å². The SMILES string of the molecule is COC1(C#N)CCN(CCCCC(N)=O)CC1.